The number of rotatable bonds is 6. The van der Waals surface area contributed by atoms with Crippen LogP contribution in [0.1, 0.15) is 18.9 Å². The Morgan fingerprint density at radius 2 is 2.29 bits per heavy atom. The molecule has 0 fully saturated rings. The van der Waals surface area contributed by atoms with Crippen LogP contribution in [0.3, 0.4) is 0 Å². The van der Waals surface area contributed by atoms with Gasteiger partial charge >= 0.3 is 0 Å². The Kier molecular flexibility index (Phi) is 5.25. The van der Waals surface area contributed by atoms with Gasteiger partial charge < -0.3 is 15.8 Å². The first-order valence-corrected chi connectivity index (χ1v) is 5.75. The van der Waals surface area contributed by atoms with Crippen molar-refractivity contribution in [2.45, 2.75) is 25.9 Å². The monoisotopic (exact) mass is 256 g/mol. The Hall–Kier alpha value is -1.26. The molecule has 1 atom stereocenters. The van der Waals surface area contributed by atoms with Gasteiger partial charge in [-0.05, 0) is 19.1 Å². The first-order chi connectivity index (χ1) is 8.04. The van der Waals surface area contributed by atoms with Crippen LogP contribution in [0, 0.1) is 0 Å². The standard InChI is InChI=1S/C12H17ClN2O2/c1-8(6-12(14)16)15-7-9-10(13)4-3-5-11(9)17-2/h3-5,8,15H,6-7H2,1-2H3,(H2,14,16). The third kappa shape index (κ3) is 4.24. The number of methoxy groups -OCH3 is 1. The zero-order valence-corrected chi connectivity index (χ0v) is 10.8. The van der Waals surface area contributed by atoms with E-state index in [9.17, 15) is 4.79 Å². The molecule has 94 valence electrons. The van der Waals surface area contributed by atoms with Crippen LogP contribution in [0.2, 0.25) is 5.02 Å². The molecule has 4 nitrogen and oxygen atoms in total. The van der Waals surface area contributed by atoms with Crippen molar-refractivity contribution in [3.8, 4) is 5.75 Å². The van der Waals surface area contributed by atoms with Crippen molar-refractivity contribution in [3.63, 3.8) is 0 Å². The smallest absolute Gasteiger partial charge is 0.218 e. The number of primary amides is 1. The van der Waals surface area contributed by atoms with Crippen LogP contribution in [0.5, 0.6) is 5.75 Å². The van der Waals surface area contributed by atoms with Gasteiger partial charge in [0, 0.05) is 29.6 Å². The lowest BCUT2D eigenvalue weighted by atomic mass is 10.1. The lowest BCUT2D eigenvalue weighted by molar-refractivity contribution is -0.118. The van der Waals surface area contributed by atoms with E-state index in [0.717, 1.165) is 11.3 Å². The second-order valence-electron chi connectivity index (χ2n) is 3.87. The maximum atomic E-state index is 10.7. The molecule has 1 rings (SSSR count). The Labute approximate surface area is 106 Å². The molecule has 1 aromatic carbocycles. The number of nitrogens with one attached hydrogen (secondary N) is 1. The number of carbonyl (C=O) groups excluding carboxylic acids is 1. The SMILES string of the molecule is COc1cccc(Cl)c1CNC(C)CC(N)=O. The second kappa shape index (κ2) is 6.47. The molecule has 0 aliphatic rings. The maximum absolute atomic E-state index is 10.7. The van der Waals surface area contributed by atoms with Crippen molar-refractivity contribution < 1.29 is 9.53 Å². The lowest BCUT2D eigenvalue weighted by Crippen LogP contribution is -2.30. The van der Waals surface area contributed by atoms with Crippen LogP contribution in [-0.4, -0.2) is 19.1 Å². The lowest BCUT2D eigenvalue weighted by Gasteiger charge is -2.15. The minimum atomic E-state index is -0.323. The van der Waals surface area contributed by atoms with Gasteiger partial charge in [-0.2, -0.15) is 0 Å². The number of nitrogens with two attached hydrogens (primary N) is 1. The fourth-order valence-electron chi connectivity index (χ4n) is 1.55. The summed E-state index contributed by atoms with van der Waals surface area (Å²) >= 11 is 6.09. The van der Waals surface area contributed by atoms with Crippen LogP contribution in [0.4, 0.5) is 0 Å². The van der Waals surface area contributed by atoms with Gasteiger partial charge in [0.25, 0.3) is 0 Å². The van der Waals surface area contributed by atoms with Crippen LogP contribution < -0.4 is 15.8 Å². The molecule has 0 spiro atoms. The summed E-state index contributed by atoms with van der Waals surface area (Å²) in [6.07, 6.45) is 0.298. The molecule has 1 amide bonds. The Balaban J connectivity index is 2.65. The highest BCUT2D eigenvalue weighted by atomic mass is 35.5. The first-order valence-electron chi connectivity index (χ1n) is 5.37. The van der Waals surface area contributed by atoms with E-state index >= 15 is 0 Å². The van der Waals surface area contributed by atoms with Gasteiger partial charge in [0.05, 0.1) is 7.11 Å². The van der Waals surface area contributed by atoms with Crippen molar-refractivity contribution in [3.05, 3.63) is 28.8 Å². The van der Waals surface area contributed by atoms with Crippen LogP contribution >= 0.6 is 11.6 Å². The molecule has 17 heavy (non-hydrogen) atoms. The Morgan fingerprint density at radius 1 is 1.59 bits per heavy atom. The van der Waals surface area contributed by atoms with E-state index in [0.29, 0.717) is 18.0 Å². The van der Waals surface area contributed by atoms with Crippen molar-refractivity contribution >= 4 is 17.5 Å². The summed E-state index contributed by atoms with van der Waals surface area (Å²) in [6.45, 7) is 2.44. The third-order valence-electron chi connectivity index (χ3n) is 2.43. The van der Waals surface area contributed by atoms with Gasteiger partial charge in [0.15, 0.2) is 0 Å². The summed E-state index contributed by atoms with van der Waals surface area (Å²) in [7, 11) is 1.60. The maximum Gasteiger partial charge on any atom is 0.218 e. The average molecular weight is 257 g/mol. The molecule has 1 unspecified atom stereocenters. The van der Waals surface area contributed by atoms with Crippen LogP contribution in [-0.2, 0) is 11.3 Å². The topological polar surface area (TPSA) is 64.3 Å². The molecule has 0 saturated heterocycles. The summed E-state index contributed by atoms with van der Waals surface area (Å²) in [4.78, 5) is 10.7. The molecular formula is C12H17ClN2O2. The van der Waals surface area contributed by atoms with E-state index < -0.39 is 0 Å². The van der Waals surface area contributed by atoms with Crippen LogP contribution in [0.25, 0.3) is 0 Å². The molecular weight excluding hydrogens is 240 g/mol. The second-order valence-corrected chi connectivity index (χ2v) is 4.28. The average Bonchev–Trinajstić information content (AvgIpc) is 2.26. The van der Waals surface area contributed by atoms with Gasteiger partial charge in [-0.1, -0.05) is 17.7 Å². The molecule has 0 bridgehead atoms. The number of hydrogen-bond acceptors (Lipinski definition) is 3. The normalized spacial score (nSPS) is 12.2. The van der Waals surface area contributed by atoms with E-state index in [4.69, 9.17) is 22.1 Å². The summed E-state index contributed by atoms with van der Waals surface area (Å²) in [5.41, 5.74) is 6.00. The molecule has 0 heterocycles. The van der Waals surface area contributed by atoms with Gasteiger partial charge in [-0.3, -0.25) is 4.79 Å². The number of hydrogen-bond donors (Lipinski definition) is 2. The van der Waals surface area contributed by atoms with E-state index in [1.807, 2.05) is 19.1 Å². The van der Waals surface area contributed by atoms with E-state index in [-0.39, 0.29) is 11.9 Å². The summed E-state index contributed by atoms with van der Waals surface area (Å²) in [5, 5.41) is 3.82. The summed E-state index contributed by atoms with van der Waals surface area (Å²) < 4.78 is 5.22. The molecule has 0 aliphatic heterocycles. The van der Waals surface area contributed by atoms with Crippen molar-refractivity contribution in [2.75, 3.05) is 7.11 Å². The van der Waals surface area contributed by atoms with Gasteiger partial charge in [0.2, 0.25) is 5.91 Å². The highest BCUT2D eigenvalue weighted by molar-refractivity contribution is 6.31. The zero-order chi connectivity index (χ0) is 12.8. The summed E-state index contributed by atoms with van der Waals surface area (Å²) in [6, 6.07) is 5.49. The highest BCUT2D eigenvalue weighted by Gasteiger charge is 2.10. The predicted octanol–water partition coefficient (Wildman–Crippen LogP) is 1.70. The molecule has 0 radical (unpaired) electrons. The van der Waals surface area contributed by atoms with E-state index in [2.05, 4.69) is 5.32 Å². The molecule has 1 aromatic rings. The fourth-order valence-corrected chi connectivity index (χ4v) is 1.78. The number of ether oxygens (including phenoxy) is 1. The zero-order valence-electron chi connectivity index (χ0n) is 10.00. The highest BCUT2D eigenvalue weighted by Crippen LogP contribution is 2.25. The van der Waals surface area contributed by atoms with Gasteiger partial charge in [0.1, 0.15) is 5.75 Å². The Bertz CT molecular complexity index is 396. The quantitative estimate of drug-likeness (QED) is 0.814. The number of halogens is 1. The van der Waals surface area contributed by atoms with Gasteiger partial charge in [-0.25, -0.2) is 0 Å². The number of benzene rings is 1. The molecule has 0 aliphatic carbocycles. The van der Waals surface area contributed by atoms with Crippen molar-refractivity contribution in [1.29, 1.82) is 0 Å². The van der Waals surface area contributed by atoms with Crippen molar-refractivity contribution in [1.82, 2.24) is 5.32 Å². The third-order valence-corrected chi connectivity index (χ3v) is 2.78. The van der Waals surface area contributed by atoms with Crippen LogP contribution in [0.15, 0.2) is 18.2 Å². The van der Waals surface area contributed by atoms with E-state index in [1.165, 1.54) is 0 Å². The minimum absolute atomic E-state index is 0.00785. The van der Waals surface area contributed by atoms with Crippen molar-refractivity contribution in [2.24, 2.45) is 5.73 Å². The molecule has 0 aromatic heterocycles. The van der Waals surface area contributed by atoms with E-state index in [1.54, 1.807) is 13.2 Å². The predicted molar refractivity (Wildman–Crippen MR) is 68.1 cm³/mol. The first kappa shape index (κ1) is 13.8. The fraction of sp³-hybridized carbons (Fsp3) is 0.417. The van der Waals surface area contributed by atoms with Gasteiger partial charge in [-0.15, -0.1) is 0 Å². The Morgan fingerprint density at radius 3 is 2.88 bits per heavy atom. The molecule has 5 heteroatoms. The minimum Gasteiger partial charge on any atom is -0.496 e. The molecule has 0 saturated carbocycles. The number of amides is 1. The summed E-state index contributed by atoms with van der Waals surface area (Å²) in [5.74, 6) is 0.410. The molecule has 3 N–H and O–H groups in total. The number of carbonyl (C=O) groups is 1. The largest absolute Gasteiger partial charge is 0.496 e.